The average Bonchev–Trinajstić information content (AvgIpc) is 2.35. The summed E-state index contributed by atoms with van der Waals surface area (Å²) < 4.78 is 5.39. The second-order valence-corrected chi connectivity index (χ2v) is 5.14. The molecule has 0 aromatic carbocycles. The van der Waals surface area contributed by atoms with Crippen LogP contribution in [0.2, 0.25) is 0 Å². The zero-order valence-electron chi connectivity index (χ0n) is 12.1. The first-order valence-corrected chi connectivity index (χ1v) is 7.17. The van der Waals surface area contributed by atoms with Crippen LogP contribution in [-0.2, 0) is 11.3 Å². The monoisotopic (exact) mass is 264 g/mol. The van der Waals surface area contributed by atoms with Crippen LogP contribution in [0.3, 0.4) is 0 Å². The van der Waals surface area contributed by atoms with Crippen molar-refractivity contribution in [3.8, 4) is 0 Å². The van der Waals surface area contributed by atoms with Gasteiger partial charge in [-0.25, -0.2) is 9.97 Å². The lowest BCUT2D eigenvalue weighted by Gasteiger charge is -2.33. The summed E-state index contributed by atoms with van der Waals surface area (Å²) in [7, 11) is 0. The van der Waals surface area contributed by atoms with Crippen molar-refractivity contribution in [1.29, 1.82) is 0 Å². The van der Waals surface area contributed by atoms with Gasteiger partial charge in [0, 0.05) is 25.3 Å². The minimum Gasteiger partial charge on any atom is -0.374 e. The lowest BCUT2D eigenvalue weighted by atomic mass is 9.82. The molecule has 1 aliphatic carbocycles. The lowest BCUT2D eigenvalue weighted by Crippen LogP contribution is -2.34. The highest BCUT2D eigenvalue weighted by Gasteiger charge is 2.25. The van der Waals surface area contributed by atoms with Gasteiger partial charge in [-0.1, -0.05) is 6.92 Å². The van der Waals surface area contributed by atoms with Crippen LogP contribution in [0.4, 0.5) is 11.6 Å². The van der Waals surface area contributed by atoms with Crippen LogP contribution in [0.1, 0.15) is 39.4 Å². The normalized spacial score (nSPS) is 21.8. The molecule has 1 saturated carbocycles. The minimum atomic E-state index is 0.464. The van der Waals surface area contributed by atoms with Crippen molar-refractivity contribution in [3.63, 3.8) is 0 Å². The average molecular weight is 264 g/mol. The van der Waals surface area contributed by atoms with Gasteiger partial charge in [-0.05, 0) is 32.6 Å². The molecule has 106 valence electrons. The fraction of sp³-hybridized carbons (Fsp3) is 0.714. The van der Waals surface area contributed by atoms with E-state index in [1.54, 1.807) is 0 Å². The summed E-state index contributed by atoms with van der Waals surface area (Å²) in [5.74, 6) is 3.32. The summed E-state index contributed by atoms with van der Waals surface area (Å²) in [6.45, 7) is 8.31. The molecule has 1 heterocycles. The highest BCUT2D eigenvalue weighted by Crippen LogP contribution is 2.29. The number of ether oxygens (including phenoxy) is 1. The Morgan fingerprint density at radius 2 is 2.00 bits per heavy atom. The first kappa shape index (κ1) is 14.1. The lowest BCUT2D eigenvalue weighted by molar-refractivity contribution is 0.128. The first-order valence-electron chi connectivity index (χ1n) is 7.17. The maximum absolute atomic E-state index is 5.39. The number of hydrogen-bond acceptors (Lipinski definition) is 5. The van der Waals surface area contributed by atoms with Gasteiger partial charge >= 0.3 is 0 Å². The Morgan fingerprint density at radius 1 is 1.26 bits per heavy atom. The maximum Gasteiger partial charge on any atom is 0.158 e. The standard InChI is InChI=1S/C14H24N4O/c1-4-15-12-8-13(16-11-6-10(3)7-11)18-14(17-12)9-19-5-2/h8,10-11H,4-7,9H2,1-3H3,(H2,15,16,17,18). The van der Waals surface area contributed by atoms with Gasteiger partial charge < -0.3 is 15.4 Å². The molecule has 0 aliphatic heterocycles. The molecule has 1 aromatic heterocycles. The summed E-state index contributed by atoms with van der Waals surface area (Å²) in [4.78, 5) is 8.95. The Balaban J connectivity index is 2.04. The third-order valence-corrected chi connectivity index (χ3v) is 3.29. The highest BCUT2D eigenvalue weighted by molar-refractivity contribution is 5.48. The van der Waals surface area contributed by atoms with Gasteiger partial charge in [0.05, 0.1) is 0 Å². The number of nitrogens with one attached hydrogen (secondary N) is 2. The molecular formula is C14H24N4O. The second kappa shape index (κ2) is 6.70. The van der Waals surface area contributed by atoms with E-state index >= 15 is 0 Å². The van der Waals surface area contributed by atoms with E-state index in [9.17, 15) is 0 Å². The molecule has 5 nitrogen and oxygen atoms in total. The van der Waals surface area contributed by atoms with Crippen LogP contribution in [0.5, 0.6) is 0 Å². The van der Waals surface area contributed by atoms with Crippen molar-refractivity contribution in [2.45, 2.75) is 46.3 Å². The topological polar surface area (TPSA) is 59.1 Å². The predicted octanol–water partition coefficient (Wildman–Crippen LogP) is 2.66. The Morgan fingerprint density at radius 3 is 2.63 bits per heavy atom. The van der Waals surface area contributed by atoms with E-state index in [1.165, 1.54) is 12.8 Å². The van der Waals surface area contributed by atoms with Crippen LogP contribution in [0, 0.1) is 5.92 Å². The summed E-state index contributed by atoms with van der Waals surface area (Å²) >= 11 is 0. The molecule has 0 spiro atoms. The van der Waals surface area contributed by atoms with Crippen molar-refractivity contribution in [1.82, 2.24) is 9.97 Å². The Kier molecular flexibility index (Phi) is 4.96. The van der Waals surface area contributed by atoms with Gasteiger partial charge in [0.25, 0.3) is 0 Å². The fourth-order valence-electron chi connectivity index (χ4n) is 2.33. The molecule has 1 aliphatic rings. The number of rotatable bonds is 7. The quantitative estimate of drug-likeness (QED) is 0.793. The summed E-state index contributed by atoms with van der Waals surface area (Å²) in [6.07, 6.45) is 2.45. The van der Waals surface area contributed by atoms with Gasteiger partial charge in [0.15, 0.2) is 5.82 Å². The maximum atomic E-state index is 5.39. The van der Waals surface area contributed by atoms with Crippen LogP contribution in [0.15, 0.2) is 6.07 Å². The summed E-state index contributed by atoms with van der Waals surface area (Å²) in [5.41, 5.74) is 0. The SMILES string of the molecule is CCNc1cc(NC2CC(C)C2)nc(COCC)n1. The Labute approximate surface area is 115 Å². The van der Waals surface area contributed by atoms with E-state index in [2.05, 4.69) is 34.4 Å². The molecule has 19 heavy (non-hydrogen) atoms. The Hall–Kier alpha value is -1.36. The number of nitrogens with zero attached hydrogens (tertiary/aromatic N) is 2. The minimum absolute atomic E-state index is 0.464. The van der Waals surface area contributed by atoms with Crippen LogP contribution in [-0.4, -0.2) is 29.2 Å². The van der Waals surface area contributed by atoms with E-state index in [0.717, 1.165) is 29.9 Å². The largest absolute Gasteiger partial charge is 0.374 e. The van der Waals surface area contributed by atoms with Gasteiger partial charge in [-0.2, -0.15) is 0 Å². The first-order chi connectivity index (χ1) is 9.21. The smallest absolute Gasteiger partial charge is 0.158 e. The van der Waals surface area contributed by atoms with Crippen LogP contribution < -0.4 is 10.6 Å². The van der Waals surface area contributed by atoms with Gasteiger partial charge in [0.2, 0.25) is 0 Å². The molecule has 2 rings (SSSR count). The second-order valence-electron chi connectivity index (χ2n) is 5.14. The number of aromatic nitrogens is 2. The molecule has 0 amide bonds. The Bertz CT molecular complexity index is 404. The van der Waals surface area contributed by atoms with Crippen molar-refractivity contribution in [2.75, 3.05) is 23.8 Å². The van der Waals surface area contributed by atoms with Crippen molar-refractivity contribution in [2.24, 2.45) is 5.92 Å². The zero-order valence-corrected chi connectivity index (χ0v) is 12.1. The molecule has 0 atom stereocenters. The van der Waals surface area contributed by atoms with Crippen LogP contribution >= 0.6 is 0 Å². The molecule has 0 saturated heterocycles. The highest BCUT2D eigenvalue weighted by atomic mass is 16.5. The van der Waals surface area contributed by atoms with E-state index in [4.69, 9.17) is 4.74 Å². The van der Waals surface area contributed by atoms with Gasteiger partial charge in [-0.3, -0.25) is 0 Å². The van der Waals surface area contributed by atoms with E-state index in [0.29, 0.717) is 19.3 Å². The zero-order chi connectivity index (χ0) is 13.7. The van der Waals surface area contributed by atoms with Crippen molar-refractivity contribution >= 4 is 11.6 Å². The molecule has 0 radical (unpaired) electrons. The molecule has 1 aromatic rings. The molecule has 5 heteroatoms. The number of hydrogen-bond donors (Lipinski definition) is 2. The molecule has 0 unspecified atom stereocenters. The van der Waals surface area contributed by atoms with E-state index in [1.807, 2.05) is 13.0 Å². The van der Waals surface area contributed by atoms with E-state index < -0.39 is 0 Å². The molecule has 2 N–H and O–H groups in total. The summed E-state index contributed by atoms with van der Waals surface area (Å²) in [6, 6.07) is 2.53. The predicted molar refractivity (Wildman–Crippen MR) is 77.3 cm³/mol. The molecular weight excluding hydrogens is 240 g/mol. The van der Waals surface area contributed by atoms with E-state index in [-0.39, 0.29) is 0 Å². The molecule has 1 fully saturated rings. The molecule has 0 bridgehead atoms. The van der Waals surface area contributed by atoms with Gasteiger partial charge in [-0.15, -0.1) is 0 Å². The third-order valence-electron chi connectivity index (χ3n) is 3.29. The van der Waals surface area contributed by atoms with Gasteiger partial charge in [0.1, 0.15) is 18.2 Å². The number of anilines is 2. The van der Waals surface area contributed by atoms with Crippen LogP contribution in [0.25, 0.3) is 0 Å². The fourth-order valence-corrected chi connectivity index (χ4v) is 2.33. The van der Waals surface area contributed by atoms with Crippen molar-refractivity contribution < 1.29 is 4.74 Å². The van der Waals surface area contributed by atoms with Crippen molar-refractivity contribution in [3.05, 3.63) is 11.9 Å². The summed E-state index contributed by atoms with van der Waals surface area (Å²) in [5, 5.41) is 6.71. The third kappa shape index (κ3) is 4.06.